The second kappa shape index (κ2) is 4.51. The van der Waals surface area contributed by atoms with E-state index in [1.807, 2.05) is 26.1 Å². The summed E-state index contributed by atoms with van der Waals surface area (Å²) in [7, 11) is 1.85. The highest BCUT2D eigenvalue weighted by molar-refractivity contribution is 6.69. The predicted octanol–water partition coefficient (Wildman–Crippen LogP) is 3.43. The number of aromatic nitrogens is 2. The average molecular weight is 269 g/mol. The molecule has 0 saturated carbocycles. The number of hydrogen-bond acceptors (Lipinski definition) is 2. The topological polar surface area (TPSA) is 34.9 Å². The molecule has 0 atom stereocenters. The maximum absolute atomic E-state index is 11.2. The van der Waals surface area contributed by atoms with Gasteiger partial charge in [-0.05, 0) is 30.7 Å². The highest BCUT2D eigenvalue weighted by Gasteiger charge is 2.14. The Labute approximate surface area is 109 Å². The van der Waals surface area contributed by atoms with Gasteiger partial charge in [0.05, 0.1) is 16.3 Å². The van der Waals surface area contributed by atoms with E-state index in [1.165, 1.54) is 0 Å². The van der Waals surface area contributed by atoms with Crippen LogP contribution in [0.5, 0.6) is 0 Å². The first-order valence-electron chi connectivity index (χ1n) is 5.00. The summed E-state index contributed by atoms with van der Waals surface area (Å²) in [5.41, 5.74) is 2.75. The zero-order valence-corrected chi connectivity index (χ0v) is 10.9. The van der Waals surface area contributed by atoms with Crippen LogP contribution in [0.15, 0.2) is 24.3 Å². The highest BCUT2D eigenvalue weighted by atomic mass is 35.5. The van der Waals surface area contributed by atoms with E-state index < -0.39 is 5.24 Å². The van der Waals surface area contributed by atoms with Crippen molar-refractivity contribution in [3.8, 4) is 11.3 Å². The molecule has 0 fully saturated rings. The Hall–Kier alpha value is -1.32. The van der Waals surface area contributed by atoms with Gasteiger partial charge >= 0.3 is 0 Å². The Balaban J connectivity index is 2.60. The number of nitrogens with zero attached hydrogens (tertiary/aromatic N) is 2. The number of hydrogen-bond donors (Lipinski definition) is 0. The molecule has 0 aliphatic rings. The van der Waals surface area contributed by atoms with Crippen molar-refractivity contribution in [1.82, 2.24) is 9.78 Å². The molecule has 17 heavy (non-hydrogen) atoms. The van der Waals surface area contributed by atoms with E-state index in [-0.39, 0.29) is 0 Å². The molecule has 2 aromatic rings. The fourth-order valence-corrected chi connectivity index (χ4v) is 2.09. The minimum atomic E-state index is -0.565. The molecular weight excluding hydrogens is 259 g/mol. The summed E-state index contributed by atoms with van der Waals surface area (Å²) in [5, 5.41) is 4.09. The summed E-state index contributed by atoms with van der Waals surface area (Å²) in [6, 6.07) is 7.05. The number of benzene rings is 1. The maximum Gasteiger partial charge on any atom is 0.253 e. The van der Waals surface area contributed by atoms with Crippen LogP contribution in [0.25, 0.3) is 11.3 Å². The number of rotatable bonds is 2. The lowest BCUT2D eigenvalue weighted by Crippen LogP contribution is -1.94. The molecule has 0 aliphatic carbocycles. The van der Waals surface area contributed by atoms with E-state index in [2.05, 4.69) is 5.10 Å². The van der Waals surface area contributed by atoms with Crippen LogP contribution in [0, 0.1) is 6.92 Å². The van der Waals surface area contributed by atoms with Gasteiger partial charge in [-0.1, -0.05) is 23.7 Å². The summed E-state index contributed by atoms with van der Waals surface area (Å²) >= 11 is 11.6. The van der Waals surface area contributed by atoms with E-state index in [1.54, 1.807) is 16.8 Å². The molecule has 2 rings (SSSR count). The van der Waals surface area contributed by atoms with Crippen molar-refractivity contribution in [2.24, 2.45) is 7.05 Å². The van der Waals surface area contributed by atoms with Gasteiger partial charge in [-0.2, -0.15) is 5.10 Å². The van der Waals surface area contributed by atoms with Gasteiger partial charge < -0.3 is 0 Å². The second-order valence-corrected chi connectivity index (χ2v) is 4.46. The molecule has 1 aromatic heterocycles. The third-order valence-electron chi connectivity index (χ3n) is 2.60. The van der Waals surface area contributed by atoms with Crippen molar-refractivity contribution in [2.75, 3.05) is 0 Å². The largest absolute Gasteiger partial charge is 0.276 e. The van der Waals surface area contributed by atoms with Gasteiger partial charge in [0.2, 0.25) is 0 Å². The van der Waals surface area contributed by atoms with Crippen LogP contribution in [0.4, 0.5) is 0 Å². The van der Waals surface area contributed by atoms with Crippen molar-refractivity contribution in [3.63, 3.8) is 0 Å². The van der Waals surface area contributed by atoms with Crippen LogP contribution in [-0.4, -0.2) is 15.0 Å². The fraction of sp³-hybridized carbons (Fsp3) is 0.167. The van der Waals surface area contributed by atoms with Gasteiger partial charge in [0.15, 0.2) is 0 Å². The van der Waals surface area contributed by atoms with Crippen LogP contribution >= 0.6 is 23.2 Å². The predicted molar refractivity (Wildman–Crippen MR) is 68.6 cm³/mol. The van der Waals surface area contributed by atoms with Crippen LogP contribution in [-0.2, 0) is 7.05 Å². The van der Waals surface area contributed by atoms with Crippen LogP contribution in [0.1, 0.15) is 16.1 Å². The lowest BCUT2D eigenvalue weighted by atomic mass is 10.1. The zero-order chi connectivity index (χ0) is 12.6. The van der Waals surface area contributed by atoms with E-state index in [9.17, 15) is 4.79 Å². The lowest BCUT2D eigenvalue weighted by molar-refractivity contribution is 0.108. The van der Waals surface area contributed by atoms with Gasteiger partial charge in [-0.25, -0.2) is 0 Å². The summed E-state index contributed by atoms with van der Waals surface area (Å²) < 4.78 is 1.75. The summed E-state index contributed by atoms with van der Waals surface area (Å²) in [6.07, 6.45) is 0. The van der Waals surface area contributed by atoms with Crippen LogP contribution in [0.3, 0.4) is 0 Å². The standard InChI is InChI=1S/C12H10Cl2N2O/c1-7-6-10(15-16(7)2)8-4-3-5-9(11(8)13)12(14)17/h3-6H,1-2H3. The van der Waals surface area contributed by atoms with Crippen molar-refractivity contribution in [2.45, 2.75) is 6.92 Å². The Kier molecular flexibility index (Phi) is 3.22. The molecular formula is C12H10Cl2N2O. The monoisotopic (exact) mass is 268 g/mol. The Morgan fingerprint density at radius 3 is 2.65 bits per heavy atom. The van der Waals surface area contributed by atoms with E-state index >= 15 is 0 Å². The summed E-state index contributed by atoms with van der Waals surface area (Å²) in [4.78, 5) is 11.2. The minimum absolute atomic E-state index is 0.300. The molecule has 1 heterocycles. The summed E-state index contributed by atoms with van der Waals surface area (Å²) in [6.45, 7) is 1.95. The van der Waals surface area contributed by atoms with E-state index in [0.717, 1.165) is 11.4 Å². The quantitative estimate of drug-likeness (QED) is 0.783. The molecule has 3 nitrogen and oxygen atoms in total. The molecule has 0 spiro atoms. The maximum atomic E-state index is 11.2. The molecule has 0 aliphatic heterocycles. The van der Waals surface area contributed by atoms with Crippen molar-refractivity contribution in [3.05, 3.63) is 40.5 Å². The molecule has 0 amide bonds. The van der Waals surface area contributed by atoms with Gasteiger partial charge in [0.1, 0.15) is 0 Å². The van der Waals surface area contributed by atoms with Crippen molar-refractivity contribution < 1.29 is 4.79 Å². The number of halogens is 2. The zero-order valence-electron chi connectivity index (χ0n) is 9.37. The molecule has 0 N–H and O–H groups in total. The lowest BCUT2D eigenvalue weighted by Gasteiger charge is -2.03. The smallest absolute Gasteiger partial charge is 0.253 e. The number of carbonyl (C=O) groups excluding carboxylic acids is 1. The molecule has 0 saturated heterocycles. The third-order valence-corrected chi connectivity index (χ3v) is 3.21. The Bertz CT molecular complexity index is 571. The first kappa shape index (κ1) is 12.1. The molecule has 0 unspecified atom stereocenters. The van der Waals surface area contributed by atoms with Crippen LogP contribution < -0.4 is 0 Å². The first-order chi connectivity index (χ1) is 8.00. The van der Waals surface area contributed by atoms with Crippen molar-refractivity contribution in [1.29, 1.82) is 0 Å². The number of aryl methyl sites for hydroxylation is 2. The third kappa shape index (κ3) is 2.21. The van der Waals surface area contributed by atoms with Gasteiger partial charge in [0, 0.05) is 18.3 Å². The SMILES string of the molecule is Cc1cc(-c2cccc(C(=O)Cl)c2Cl)nn1C. The fourth-order valence-electron chi connectivity index (χ4n) is 1.57. The van der Waals surface area contributed by atoms with Crippen LogP contribution in [0.2, 0.25) is 5.02 Å². The van der Waals surface area contributed by atoms with Gasteiger partial charge in [-0.3, -0.25) is 9.48 Å². The van der Waals surface area contributed by atoms with E-state index in [4.69, 9.17) is 23.2 Å². The first-order valence-corrected chi connectivity index (χ1v) is 5.75. The molecule has 0 radical (unpaired) electrons. The van der Waals surface area contributed by atoms with Crippen molar-refractivity contribution >= 4 is 28.4 Å². The molecule has 5 heteroatoms. The van der Waals surface area contributed by atoms with Gasteiger partial charge in [-0.15, -0.1) is 0 Å². The summed E-state index contributed by atoms with van der Waals surface area (Å²) in [5.74, 6) is 0. The second-order valence-electron chi connectivity index (χ2n) is 3.74. The number of carbonyl (C=O) groups is 1. The minimum Gasteiger partial charge on any atom is -0.276 e. The Morgan fingerprint density at radius 2 is 2.12 bits per heavy atom. The van der Waals surface area contributed by atoms with E-state index in [0.29, 0.717) is 16.1 Å². The Morgan fingerprint density at radius 1 is 1.41 bits per heavy atom. The molecule has 0 bridgehead atoms. The normalized spacial score (nSPS) is 10.6. The highest BCUT2D eigenvalue weighted by Crippen LogP contribution is 2.30. The molecule has 1 aromatic carbocycles. The van der Waals surface area contributed by atoms with Gasteiger partial charge in [0.25, 0.3) is 5.24 Å². The molecule has 88 valence electrons. The average Bonchev–Trinajstić information content (AvgIpc) is 2.59.